The number of carboxylic acid groups (broad SMARTS) is 1. The van der Waals surface area contributed by atoms with Crippen LogP contribution in [0.1, 0.15) is 22.8 Å². The number of carbonyl (C=O) groups is 1. The zero-order chi connectivity index (χ0) is 13.4. The summed E-state index contributed by atoms with van der Waals surface area (Å²) in [7, 11) is 0. The molecule has 0 unspecified atom stereocenters. The van der Waals surface area contributed by atoms with E-state index in [1.807, 2.05) is 31.2 Å². The van der Waals surface area contributed by atoms with Crippen LogP contribution in [0.4, 0.5) is 0 Å². The Balaban J connectivity index is 2.81. The van der Waals surface area contributed by atoms with Crippen molar-refractivity contribution in [1.82, 2.24) is 0 Å². The van der Waals surface area contributed by atoms with Gasteiger partial charge in [-0.1, -0.05) is 35.9 Å². The Morgan fingerprint density at radius 2 is 2.22 bits per heavy atom. The van der Waals surface area contributed by atoms with Crippen LogP contribution in [0.2, 0.25) is 0 Å². The predicted molar refractivity (Wildman–Crippen MR) is 74.9 cm³/mol. The molecule has 0 saturated carbocycles. The second-order valence-electron chi connectivity index (χ2n) is 3.70. The van der Waals surface area contributed by atoms with Crippen molar-refractivity contribution in [2.24, 2.45) is 4.99 Å². The summed E-state index contributed by atoms with van der Waals surface area (Å²) >= 11 is 0. The van der Waals surface area contributed by atoms with Crippen LogP contribution in [0.5, 0.6) is 0 Å². The van der Waals surface area contributed by atoms with Gasteiger partial charge in [-0.3, -0.25) is 4.99 Å². The van der Waals surface area contributed by atoms with Gasteiger partial charge in [-0.2, -0.15) is 0 Å². The lowest BCUT2D eigenvalue weighted by molar-refractivity contribution is 0.0697. The smallest absolute Gasteiger partial charge is 0.335 e. The van der Waals surface area contributed by atoms with Crippen LogP contribution in [0.3, 0.4) is 0 Å². The highest BCUT2D eigenvalue weighted by atomic mass is 16.4. The van der Waals surface area contributed by atoms with Crippen LogP contribution < -0.4 is 0 Å². The second kappa shape index (κ2) is 7.01. The quantitative estimate of drug-likeness (QED) is 0.633. The molecule has 0 bridgehead atoms. The molecule has 0 atom stereocenters. The van der Waals surface area contributed by atoms with Crippen LogP contribution in [0.25, 0.3) is 6.08 Å². The fraction of sp³-hybridized carbons (Fsp3) is 0.0667. The Hall–Kier alpha value is -2.42. The summed E-state index contributed by atoms with van der Waals surface area (Å²) in [6.45, 7) is 5.29. The van der Waals surface area contributed by atoms with Gasteiger partial charge in [0.25, 0.3) is 0 Å². The van der Waals surface area contributed by atoms with E-state index in [1.165, 1.54) is 0 Å². The van der Waals surface area contributed by atoms with Gasteiger partial charge in [-0.15, -0.1) is 0 Å². The van der Waals surface area contributed by atoms with E-state index in [2.05, 4.69) is 11.7 Å². The summed E-state index contributed by atoms with van der Waals surface area (Å²) in [4.78, 5) is 14.4. The lowest BCUT2D eigenvalue weighted by Crippen LogP contribution is -1.95. The van der Waals surface area contributed by atoms with Crippen molar-refractivity contribution in [1.29, 1.82) is 0 Å². The summed E-state index contributed by atoms with van der Waals surface area (Å²) in [6, 6.07) is 6.79. The molecule has 92 valence electrons. The molecule has 0 saturated heterocycles. The fourth-order valence-corrected chi connectivity index (χ4v) is 1.31. The van der Waals surface area contributed by atoms with Crippen molar-refractivity contribution in [3.63, 3.8) is 0 Å². The molecule has 1 aromatic carbocycles. The van der Waals surface area contributed by atoms with E-state index in [-0.39, 0.29) is 5.56 Å². The number of hydrogen-bond acceptors (Lipinski definition) is 2. The molecule has 0 aliphatic carbocycles. The van der Waals surface area contributed by atoms with Gasteiger partial charge in [0.05, 0.1) is 5.56 Å². The molecule has 0 spiro atoms. The predicted octanol–water partition coefficient (Wildman–Crippen LogP) is 3.56. The Bertz CT molecular complexity index is 525. The molecule has 0 heterocycles. The van der Waals surface area contributed by atoms with Crippen LogP contribution >= 0.6 is 0 Å². The molecule has 0 radical (unpaired) electrons. The Morgan fingerprint density at radius 1 is 1.44 bits per heavy atom. The lowest BCUT2D eigenvalue weighted by Gasteiger charge is -1.96. The number of benzene rings is 1. The van der Waals surface area contributed by atoms with Gasteiger partial charge in [-0.25, -0.2) is 4.79 Å². The van der Waals surface area contributed by atoms with Crippen molar-refractivity contribution >= 4 is 18.8 Å². The summed E-state index contributed by atoms with van der Waals surface area (Å²) in [5.41, 5.74) is 2.18. The van der Waals surface area contributed by atoms with E-state index in [1.54, 1.807) is 30.5 Å². The maximum absolute atomic E-state index is 10.8. The molecule has 0 aliphatic rings. The summed E-state index contributed by atoms with van der Waals surface area (Å²) in [5.74, 6) is -0.919. The summed E-state index contributed by atoms with van der Waals surface area (Å²) < 4.78 is 0. The lowest BCUT2D eigenvalue weighted by atomic mass is 10.1. The standard InChI is InChI=1S/C15H15NO2/c1-12(5-4-10-16-2)8-9-13-6-3-7-14(11-13)15(17)18/h3-11H,2H2,1H3,(H,17,18)/b9-8+,10-4-,12-5+. The first-order chi connectivity index (χ1) is 8.63. The molecule has 0 fully saturated rings. The van der Waals surface area contributed by atoms with E-state index in [0.717, 1.165) is 11.1 Å². The molecule has 1 N–H and O–H groups in total. The zero-order valence-electron chi connectivity index (χ0n) is 10.2. The first-order valence-corrected chi connectivity index (χ1v) is 5.44. The van der Waals surface area contributed by atoms with E-state index in [4.69, 9.17) is 5.11 Å². The van der Waals surface area contributed by atoms with Crippen molar-refractivity contribution in [3.8, 4) is 0 Å². The maximum atomic E-state index is 10.8. The third-order valence-corrected chi connectivity index (χ3v) is 2.22. The van der Waals surface area contributed by atoms with E-state index in [0.29, 0.717) is 0 Å². The number of aromatic carboxylic acids is 1. The molecule has 0 aliphatic heterocycles. The van der Waals surface area contributed by atoms with Gasteiger partial charge in [0, 0.05) is 6.20 Å². The Labute approximate surface area is 106 Å². The monoisotopic (exact) mass is 241 g/mol. The molecule has 1 aromatic rings. The van der Waals surface area contributed by atoms with E-state index < -0.39 is 5.97 Å². The molecular formula is C15H15NO2. The largest absolute Gasteiger partial charge is 0.478 e. The molecular weight excluding hydrogens is 226 g/mol. The molecule has 0 aromatic heterocycles. The first kappa shape index (κ1) is 13.6. The van der Waals surface area contributed by atoms with Crippen molar-refractivity contribution < 1.29 is 9.90 Å². The van der Waals surface area contributed by atoms with Crippen molar-refractivity contribution in [3.05, 3.63) is 65.4 Å². The van der Waals surface area contributed by atoms with E-state index >= 15 is 0 Å². The molecule has 0 amide bonds. The average Bonchev–Trinajstić information content (AvgIpc) is 2.37. The number of allylic oxidation sites excluding steroid dienone is 4. The van der Waals surface area contributed by atoms with Crippen molar-refractivity contribution in [2.45, 2.75) is 6.92 Å². The topological polar surface area (TPSA) is 49.7 Å². The fourth-order valence-electron chi connectivity index (χ4n) is 1.31. The molecule has 3 nitrogen and oxygen atoms in total. The molecule has 1 rings (SSSR count). The van der Waals surface area contributed by atoms with Crippen LogP contribution in [-0.4, -0.2) is 17.8 Å². The minimum Gasteiger partial charge on any atom is -0.478 e. The van der Waals surface area contributed by atoms with E-state index in [9.17, 15) is 4.79 Å². The van der Waals surface area contributed by atoms with Crippen molar-refractivity contribution in [2.75, 3.05) is 0 Å². The summed E-state index contributed by atoms with van der Waals surface area (Å²) in [6.07, 6.45) is 9.07. The van der Waals surface area contributed by atoms with Crippen LogP contribution in [-0.2, 0) is 0 Å². The second-order valence-corrected chi connectivity index (χ2v) is 3.70. The molecule has 3 heteroatoms. The average molecular weight is 241 g/mol. The highest BCUT2D eigenvalue weighted by Gasteiger charge is 2.00. The number of carboxylic acids is 1. The van der Waals surface area contributed by atoms with Gasteiger partial charge >= 0.3 is 5.97 Å². The number of aliphatic imine (C=N–C) groups is 1. The number of nitrogens with zero attached hydrogens (tertiary/aromatic N) is 1. The normalized spacial score (nSPS) is 12.2. The maximum Gasteiger partial charge on any atom is 0.335 e. The highest BCUT2D eigenvalue weighted by Crippen LogP contribution is 2.09. The highest BCUT2D eigenvalue weighted by molar-refractivity contribution is 5.88. The van der Waals surface area contributed by atoms with Gasteiger partial charge in [0.1, 0.15) is 0 Å². The Kier molecular flexibility index (Phi) is 5.32. The minimum absolute atomic E-state index is 0.287. The SMILES string of the molecule is C=N\C=C/C=C(C)/C=C/c1cccc(C(=O)O)c1. The third kappa shape index (κ3) is 4.61. The van der Waals surface area contributed by atoms with Gasteiger partial charge < -0.3 is 5.11 Å². The Morgan fingerprint density at radius 3 is 2.89 bits per heavy atom. The summed E-state index contributed by atoms with van der Waals surface area (Å²) in [5, 5.41) is 8.87. The molecule has 18 heavy (non-hydrogen) atoms. The minimum atomic E-state index is -0.919. The van der Waals surface area contributed by atoms with Crippen LogP contribution in [0.15, 0.2) is 59.3 Å². The van der Waals surface area contributed by atoms with Crippen LogP contribution in [0, 0.1) is 0 Å². The number of rotatable bonds is 5. The third-order valence-electron chi connectivity index (χ3n) is 2.22. The first-order valence-electron chi connectivity index (χ1n) is 5.44. The zero-order valence-corrected chi connectivity index (χ0v) is 10.2. The van der Waals surface area contributed by atoms with Gasteiger partial charge in [-0.05, 0) is 37.4 Å². The number of hydrogen-bond donors (Lipinski definition) is 1. The van der Waals surface area contributed by atoms with Gasteiger partial charge in [0.15, 0.2) is 0 Å². The van der Waals surface area contributed by atoms with Gasteiger partial charge in [0.2, 0.25) is 0 Å².